The van der Waals surface area contributed by atoms with Crippen LogP contribution >= 0.6 is 7.82 Å². The molecule has 0 spiro atoms. The molecule has 0 heterocycles. The van der Waals surface area contributed by atoms with Crippen molar-refractivity contribution in [1.29, 1.82) is 0 Å². The van der Waals surface area contributed by atoms with Crippen molar-refractivity contribution >= 4 is 13.8 Å². The van der Waals surface area contributed by atoms with E-state index in [1.807, 2.05) is 21.1 Å². The van der Waals surface area contributed by atoms with Gasteiger partial charge in [-0.15, -0.1) is 0 Å². The van der Waals surface area contributed by atoms with Crippen LogP contribution in [0.3, 0.4) is 0 Å². The monoisotopic (exact) mass is 482 g/mol. The molecule has 32 heavy (non-hydrogen) atoms. The summed E-state index contributed by atoms with van der Waals surface area (Å²) in [6, 6.07) is 0. The summed E-state index contributed by atoms with van der Waals surface area (Å²) >= 11 is 0. The lowest BCUT2D eigenvalue weighted by Gasteiger charge is -2.25. The van der Waals surface area contributed by atoms with Gasteiger partial charge in [0.25, 0.3) is 0 Å². The van der Waals surface area contributed by atoms with Gasteiger partial charge in [0.15, 0.2) is 0 Å². The van der Waals surface area contributed by atoms with E-state index in [2.05, 4.69) is 13.8 Å². The van der Waals surface area contributed by atoms with Gasteiger partial charge in [-0.05, 0) is 12.8 Å². The molecule has 2 unspecified atom stereocenters. The molecule has 192 valence electrons. The first kappa shape index (κ1) is 31.5. The molecule has 0 aromatic carbocycles. The molecular formula is C23H49NO7P+. The van der Waals surface area contributed by atoms with Crippen molar-refractivity contribution < 1.29 is 36.9 Å². The lowest BCUT2D eigenvalue weighted by molar-refractivity contribution is -0.870. The summed E-state index contributed by atoms with van der Waals surface area (Å²) in [6.07, 6.45) is 9.40. The highest BCUT2D eigenvalue weighted by Crippen LogP contribution is 2.48. The highest BCUT2D eigenvalue weighted by Gasteiger charge is 2.29. The fourth-order valence-electron chi connectivity index (χ4n) is 2.82. The number of hydrogen-bond acceptors (Lipinski definition) is 7. The highest BCUT2D eigenvalue weighted by molar-refractivity contribution is 7.48. The molecule has 0 rings (SSSR count). The third-order valence-electron chi connectivity index (χ3n) is 4.88. The van der Waals surface area contributed by atoms with Crippen molar-refractivity contribution in [2.75, 3.05) is 61.2 Å². The molecular weight excluding hydrogens is 433 g/mol. The zero-order valence-corrected chi connectivity index (χ0v) is 22.3. The number of phosphoric ester groups is 1. The van der Waals surface area contributed by atoms with Gasteiger partial charge in [0, 0.05) is 20.1 Å². The van der Waals surface area contributed by atoms with Crippen molar-refractivity contribution in [2.45, 2.75) is 84.2 Å². The molecule has 0 aliphatic rings. The van der Waals surface area contributed by atoms with Crippen LogP contribution in [-0.4, -0.2) is 77.8 Å². The maximum absolute atomic E-state index is 12.7. The maximum atomic E-state index is 12.7. The van der Waals surface area contributed by atoms with E-state index in [9.17, 15) is 9.36 Å². The molecule has 0 bridgehead atoms. The van der Waals surface area contributed by atoms with Crippen molar-refractivity contribution in [3.63, 3.8) is 0 Å². The quantitative estimate of drug-likeness (QED) is 0.0890. The normalized spacial score (nSPS) is 14.8. The van der Waals surface area contributed by atoms with Gasteiger partial charge in [-0.25, -0.2) is 4.57 Å². The van der Waals surface area contributed by atoms with Crippen molar-refractivity contribution in [2.24, 2.45) is 0 Å². The number of carbonyl (C=O) groups excluding carboxylic acids is 1. The molecule has 0 fully saturated rings. The molecule has 9 heteroatoms. The summed E-state index contributed by atoms with van der Waals surface area (Å²) in [5.74, 6) is -0.292. The summed E-state index contributed by atoms with van der Waals surface area (Å²) in [7, 11) is 3.59. The van der Waals surface area contributed by atoms with E-state index in [-0.39, 0.29) is 25.8 Å². The van der Waals surface area contributed by atoms with Gasteiger partial charge in [0.2, 0.25) is 0 Å². The zero-order chi connectivity index (χ0) is 24.3. The topological polar surface area (TPSA) is 80.3 Å². The number of quaternary nitrogens is 1. The summed E-state index contributed by atoms with van der Waals surface area (Å²) in [6.45, 7) is 5.86. The molecule has 8 nitrogen and oxygen atoms in total. The largest absolute Gasteiger partial charge is 0.474 e. The third-order valence-corrected chi connectivity index (χ3v) is 6.29. The second-order valence-electron chi connectivity index (χ2n) is 9.18. The van der Waals surface area contributed by atoms with Gasteiger partial charge in [0.05, 0.1) is 34.4 Å². The van der Waals surface area contributed by atoms with E-state index in [1.54, 1.807) is 0 Å². The Balaban J connectivity index is 4.61. The Bertz CT molecular complexity index is 511. The fraction of sp³-hybridized carbons (Fsp3) is 0.957. The molecule has 2 atom stereocenters. The molecule has 0 aromatic heterocycles. The minimum absolute atomic E-state index is 0.105. The van der Waals surface area contributed by atoms with Crippen molar-refractivity contribution in [3.05, 3.63) is 0 Å². The third kappa shape index (κ3) is 19.0. The number of unbranched alkanes of at least 4 members (excludes halogenated alkanes) is 7. The number of esters is 1. The summed E-state index contributed by atoms with van der Waals surface area (Å²) < 4.78 is 40.5. The Kier molecular flexibility index (Phi) is 18.6. The Morgan fingerprint density at radius 1 is 0.844 bits per heavy atom. The van der Waals surface area contributed by atoms with Crippen LogP contribution in [-0.2, 0) is 32.4 Å². The van der Waals surface area contributed by atoms with Crippen LogP contribution < -0.4 is 0 Å². The Hall–Kier alpha value is -0.500. The number of nitrogens with zero attached hydrogens (tertiary/aromatic N) is 1. The summed E-state index contributed by atoms with van der Waals surface area (Å²) in [5, 5.41) is 0. The van der Waals surface area contributed by atoms with Crippen LogP contribution in [0.5, 0.6) is 0 Å². The number of likely N-dealkylation sites (N-methyl/N-ethyl adjacent to an activating group) is 1. The lowest BCUT2D eigenvalue weighted by atomic mass is 10.1. The first-order chi connectivity index (χ1) is 15.2. The molecule has 0 amide bonds. The van der Waals surface area contributed by atoms with E-state index in [1.165, 1.54) is 26.4 Å². The smallest absolute Gasteiger partial charge is 0.457 e. The number of rotatable bonds is 22. The van der Waals surface area contributed by atoms with Crippen LogP contribution in [0.1, 0.15) is 78.1 Å². The number of ether oxygens (including phenoxy) is 2. The Labute approximate surface area is 196 Å². The second kappa shape index (κ2) is 18.9. The van der Waals surface area contributed by atoms with E-state index >= 15 is 0 Å². The summed E-state index contributed by atoms with van der Waals surface area (Å²) in [5.41, 5.74) is 0. The fourth-order valence-corrected chi connectivity index (χ4v) is 3.76. The van der Waals surface area contributed by atoms with Gasteiger partial charge < -0.3 is 14.0 Å². The predicted octanol–water partition coefficient (Wildman–Crippen LogP) is 5.35. The van der Waals surface area contributed by atoms with E-state index in [0.29, 0.717) is 24.1 Å². The Morgan fingerprint density at radius 3 is 2.06 bits per heavy atom. The van der Waals surface area contributed by atoms with E-state index in [0.717, 1.165) is 38.5 Å². The zero-order valence-electron chi connectivity index (χ0n) is 21.4. The predicted molar refractivity (Wildman–Crippen MR) is 128 cm³/mol. The average molecular weight is 483 g/mol. The molecule has 0 radical (unpaired) electrons. The SMILES string of the molecule is CCCCCCCOCC(COP(=O)(OC)OCC[N+](C)(C)C)OC(=O)CCCCCC. The van der Waals surface area contributed by atoms with Gasteiger partial charge in [-0.1, -0.05) is 58.8 Å². The van der Waals surface area contributed by atoms with Crippen LogP contribution in [0, 0.1) is 0 Å². The van der Waals surface area contributed by atoms with Crippen molar-refractivity contribution in [3.8, 4) is 0 Å². The average Bonchev–Trinajstić information content (AvgIpc) is 2.73. The molecule has 0 aromatic rings. The molecule has 0 saturated heterocycles. The minimum Gasteiger partial charge on any atom is -0.457 e. The first-order valence-electron chi connectivity index (χ1n) is 12.2. The van der Waals surface area contributed by atoms with Crippen LogP contribution in [0.4, 0.5) is 0 Å². The van der Waals surface area contributed by atoms with Gasteiger partial charge in [-0.3, -0.25) is 18.4 Å². The molecule has 0 aliphatic carbocycles. The maximum Gasteiger partial charge on any atom is 0.474 e. The van der Waals surface area contributed by atoms with E-state index in [4.69, 9.17) is 23.0 Å². The van der Waals surface area contributed by atoms with Crippen LogP contribution in [0.25, 0.3) is 0 Å². The summed E-state index contributed by atoms with van der Waals surface area (Å²) in [4.78, 5) is 12.2. The standard InChI is InChI=1S/C23H49NO7P/c1-7-9-11-13-15-18-28-20-22(31-23(25)16-14-12-10-8-2)21-30-32(26,27-6)29-19-17-24(3,4)5/h22H,7-21H2,1-6H3/q+1. The van der Waals surface area contributed by atoms with Gasteiger partial charge in [0.1, 0.15) is 19.3 Å². The van der Waals surface area contributed by atoms with Crippen molar-refractivity contribution in [1.82, 2.24) is 0 Å². The molecule has 0 saturated carbocycles. The lowest BCUT2D eigenvalue weighted by Crippen LogP contribution is -2.37. The highest BCUT2D eigenvalue weighted by atomic mass is 31.2. The molecule has 0 N–H and O–H groups in total. The first-order valence-corrected chi connectivity index (χ1v) is 13.6. The van der Waals surface area contributed by atoms with Crippen LogP contribution in [0.15, 0.2) is 0 Å². The van der Waals surface area contributed by atoms with E-state index < -0.39 is 13.9 Å². The molecule has 0 aliphatic heterocycles. The second-order valence-corrected chi connectivity index (χ2v) is 11.0. The van der Waals surface area contributed by atoms with Crippen LogP contribution in [0.2, 0.25) is 0 Å². The Morgan fingerprint density at radius 2 is 1.47 bits per heavy atom. The number of carbonyl (C=O) groups is 1. The van der Waals surface area contributed by atoms with Gasteiger partial charge >= 0.3 is 13.8 Å². The number of phosphoric acid groups is 1. The van der Waals surface area contributed by atoms with Gasteiger partial charge in [-0.2, -0.15) is 0 Å². The number of hydrogen-bond donors (Lipinski definition) is 0. The minimum atomic E-state index is -3.73.